The molecule has 7 heteroatoms. The summed E-state index contributed by atoms with van der Waals surface area (Å²) in [6.45, 7) is 5.11. The summed E-state index contributed by atoms with van der Waals surface area (Å²) in [4.78, 5) is 36.5. The number of hydrogen-bond donors (Lipinski definition) is 1. The van der Waals surface area contributed by atoms with Crippen LogP contribution in [0.4, 0.5) is 5.69 Å². The molecule has 2 rings (SSSR count). The number of methoxy groups -OCH3 is 1. The van der Waals surface area contributed by atoms with Crippen LogP contribution in [0.1, 0.15) is 36.7 Å². The van der Waals surface area contributed by atoms with E-state index in [-0.39, 0.29) is 24.0 Å². The monoisotopic (exact) mass is 417 g/mol. The minimum absolute atomic E-state index is 0.0679. The van der Waals surface area contributed by atoms with Gasteiger partial charge >= 0.3 is 5.97 Å². The van der Waals surface area contributed by atoms with Crippen molar-refractivity contribution in [2.75, 3.05) is 12.4 Å². The number of hydrogen-bond acceptors (Lipinski definition) is 5. The Balaban J connectivity index is 1.99. The van der Waals surface area contributed by atoms with Crippen molar-refractivity contribution in [3.05, 3.63) is 58.6 Å². The van der Waals surface area contributed by atoms with Gasteiger partial charge in [0.1, 0.15) is 5.75 Å². The van der Waals surface area contributed by atoms with Crippen LogP contribution >= 0.6 is 11.6 Å². The zero-order chi connectivity index (χ0) is 21.6. The van der Waals surface area contributed by atoms with Gasteiger partial charge in [-0.1, -0.05) is 25.4 Å². The number of anilines is 1. The number of ether oxygens (including phenoxy) is 2. The minimum Gasteiger partial charge on any atom is -0.496 e. The number of halogens is 1. The fourth-order valence-corrected chi connectivity index (χ4v) is 2.77. The van der Waals surface area contributed by atoms with Crippen molar-refractivity contribution in [3.63, 3.8) is 0 Å². The Labute approximate surface area is 175 Å². The molecule has 0 aliphatic heterocycles. The molecule has 154 valence electrons. The number of nitrogens with one attached hydrogen (secondary N) is 1. The van der Waals surface area contributed by atoms with Gasteiger partial charge in [0.25, 0.3) is 0 Å². The average molecular weight is 418 g/mol. The number of carbonyl (C=O) groups is 3. The van der Waals surface area contributed by atoms with Gasteiger partial charge in [-0.3, -0.25) is 14.4 Å². The molecule has 29 heavy (non-hydrogen) atoms. The van der Waals surface area contributed by atoms with E-state index < -0.39 is 12.1 Å². The van der Waals surface area contributed by atoms with E-state index in [1.165, 1.54) is 14.0 Å². The average Bonchev–Trinajstić information content (AvgIpc) is 2.68. The molecule has 0 aromatic heterocycles. The molecule has 6 nitrogen and oxygen atoms in total. The van der Waals surface area contributed by atoms with E-state index in [2.05, 4.69) is 5.32 Å². The minimum atomic E-state index is -0.955. The summed E-state index contributed by atoms with van der Waals surface area (Å²) >= 11 is 5.97. The maximum absolute atomic E-state index is 12.5. The molecule has 0 bridgehead atoms. The summed E-state index contributed by atoms with van der Waals surface area (Å²) in [5.74, 6) is -0.633. The molecule has 0 saturated heterocycles. The van der Waals surface area contributed by atoms with Gasteiger partial charge < -0.3 is 14.8 Å². The Morgan fingerprint density at radius 3 is 2.28 bits per heavy atom. The van der Waals surface area contributed by atoms with Gasteiger partial charge in [-0.15, -0.1) is 0 Å². The summed E-state index contributed by atoms with van der Waals surface area (Å²) in [5, 5.41) is 3.23. The van der Waals surface area contributed by atoms with Crippen molar-refractivity contribution in [2.24, 2.45) is 5.92 Å². The number of carbonyl (C=O) groups excluding carboxylic acids is 3. The number of ketones is 1. The van der Waals surface area contributed by atoms with Gasteiger partial charge in [0.05, 0.1) is 13.5 Å². The normalized spacial score (nSPS) is 11.7. The van der Waals surface area contributed by atoms with Crippen molar-refractivity contribution in [1.29, 1.82) is 0 Å². The number of Topliss-reactive ketones (excluding diaryl/α,β-unsaturated/α-hetero) is 1. The Kier molecular flexibility index (Phi) is 7.79. The summed E-state index contributed by atoms with van der Waals surface area (Å²) in [6.07, 6.45) is -1.02. The van der Waals surface area contributed by atoms with Gasteiger partial charge in [0, 0.05) is 27.8 Å². The molecule has 1 N–H and O–H groups in total. The first kappa shape index (κ1) is 22.4. The molecule has 0 fully saturated rings. The van der Waals surface area contributed by atoms with Crippen LogP contribution in [0, 0.1) is 5.92 Å². The first-order valence-corrected chi connectivity index (χ1v) is 9.56. The maximum atomic E-state index is 12.5. The number of benzene rings is 2. The van der Waals surface area contributed by atoms with Crippen LogP contribution < -0.4 is 10.1 Å². The van der Waals surface area contributed by atoms with Crippen LogP contribution in [-0.2, 0) is 20.7 Å². The molecule has 0 spiro atoms. The summed E-state index contributed by atoms with van der Waals surface area (Å²) in [7, 11) is 1.50. The lowest BCUT2D eigenvalue weighted by Crippen LogP contribution is -2.25. The SMILES string of the molecule is COc1ccc(Cl)cc1CC(=O)O[C@H](C)C(=O)c1ccc(NC(=O)C(C)C)cc1. The van der Waals surface area contributed by atoms with E-state index in [1.807, 2.05) is 0 Å². The fourth-order valence-electron chi connectivity index (χ4n) is 2.57. The number of rotatable bonds is 8. The van der Waals surface area contributed by atoms with Crippen LogP contribution in [-0.4, -0.2) is 30.9 Å². The number of esters is 1. The standard InChI is InChI=1S/C22H24ClNO5/c1-13(2)22(27)24-18-8-5-15(6-9-18)21(26)14(3)29-20(25)12-16-11-17(23)7-10-19(16)28-4/h5-11,13-14H,12H2,1-4H3,(H,24,27)/t14-/m1/s1. The second-order valence-corrected chi connectivity index (χ2v) is 7.29. The van der Waals surface area contributed by atoms with Crippen molar-refractivity contribution in [2.45, 2.75) is 33.3 Å². The van der Waals surface area contributed by atoms with E-state index in [4.69, 9.17) is 21.1 Å². The predicted molar refractivity (Wildman–Crippen MR) is 112 cm³/mol. The summed E-state index contributed by atoms with van der Waals surface area (Å²) < 4.78 is 10.5. The highest BCUT2D eigenvalue weighted by atomic mass is 35.5. The molecule has 2 aromatic carbocycles. The second kappa shape index (κ2) is 10.1. The van der Waals surface area contributed by atoms with E-state index in [0.717, 1.165) is 0 Å². The summed E-state index contributed by atoms with van der Waals surface area (Å²) in [6, 6.07) is 11.4. The van der Waals surface area contributed by atoms with Gasteiger partial charge in [-0.05, 0) is 49.4 Å². The van der Waals surface area contributed by atoms with Crippen molar-refractivity contribution in [1.82, 2.24) is 0 Å². The van der Waals surface area contributed by atoms with Crippen molar-refractivity contribution < 1.29 is 23.9 Å². The predicted octanol–water partition coefficient (Wildman–Crippen LogP) is 4.30. The molecular formula is C22H24ClNO5. The van der Waals surface area contributed by atoms with Crippen LogP contribution in [0.25, 0.3) is 0 Å². The molecule has 0 radical (unpaired) electrons. The highest BCUT2D eigenvalue weighted by Gasteiger charge is 2.21. The molecule has 0 saturated carbocycles. The summed E-state index contributed by atoms with van der Waals surface area (Å²) in [5.41, 5.74) is 1.56. The van der Waals surface area contributed by atoms with E-state index in [0.29, 0.717) is 27.6 Å². The molecule has 0 aliphatic rings. The lowest BCUT2D eigenvalue weighted by Gasteiger charge is -2.14. The highest BCUT2D eigenvalue weighted by molar-refractivity contribution is 6.30. The van der Waals surface area contributed by atoms with Crippen LogP contribution in [0.3, 0.4) is 0 Å². The Bertz CT molecular complexity index is 893. The highest BCUT2D eigenvalue weighted by Crippen LogP contribution is 2.23. The Morgan fingerprint density at radius 1 is 1.03 bits per heavy atom. The zero-order valence-corrected chi connectivity index (χ0v) is 17.6. The third-order valence-electron chi connectivity index (χ3n) is 4.22. The first-order valence-electron chi connectivity index (χ1n) is 9.18. The Morgan fingerprint density at radius 2 is 1.69 bits per heavy atom. The fraction of sp³-hybridized carbons (Fsp3) is 0.318. The lowest BCUT2D eigenvalue weighted by molar-refractivity contribution is -0.145. The van der Waals surface area contributed by atoms with Crippen LogP contribution in [0.2, 0.25) is 5.02 Å². The van der Waals surface area contributed by atoms with Crippen molar-refractivity contribution in [3.8, 4) is 5.75 Å². The topological polar surface area (TPSA) is 81.7 Å². The molecule has 0 heterocycles. The third kappa shape index (κ3) is 6.32. The largest absolute Gasteiger partial charge is 0.496 e. The zero-order valence-electron chi connectivity index (χ0n) is 16.8. The van der Waals surface area contributed by atoms with Gasteiger partial charge in [-0.2, -0.15) is 0 Å². The lowest BCUT2D eigenvalue weighted by atomic mass is 10.1. The van der Waals surface area contributed by atoms with Gasteiger partial charge in [0.2, 0.25) is 11.7 Å². The van der Waals surface area contributed by atoms with E-state index in [9.17, 15) is 14.4 Å². The van der Waals surface area contributed by atoms with E-state index >= 15 is 0 Å². The molecule has 2 aromatic rings. The molecule has 0 aliphatic carbocycles. The Hall–Kier alpha value is -2.86. The quantitative estimate of drug-likeness (QED) is 0.511. The first-order chi connectivity index (χ1) is 13.7. The second-order valence-electron chi connectivity index (χ2n) is 6.85. The maximum Gasteiger partial charge on any atom is 0.311 e. The third-order valence-corrected chi connectivity index (χ3v) is 4.45. The van der Waals surface area contributed by atoms with Crippen LogP contribution in [0.15, 0.2) is 42.5 Å². The van der Waals surface area contributed by atoms with E-state index in [1.54, 1.807) is 56.3 Å². The molecule has 0 unspecified atom stereocenters. The van der Waals surface area contributed by atoms with Gasteiger partial charge in [-0.25, -0.2) is 0 Å². The van der Waals surface area contributed by atoms with Gasteiger partial charge in [0.15, 0.2) is 6.10 Å². The molecule has 1 atom stereocenters. The molecule has 1 amide bonds. The molecular weight excluding hydrogens is 394 g/mol. The number of amides is 1. The smallest absolute Gasteiger partial charge is 0.311 e. The van der Waals surface area contributed by atoms with Crippen LogP contribution in [0.5, 0.6) is 5.75 Å². The van der Waals surface area contributed by atoms with Crippen molar-refractivity contribution >= 4 is 34.9 Å².